The fourth-order valence-corrected chi connectivity index (χ4v) is 2.67. The summed E-state index contributed by atoms with van der Waals surface area (Å²) in [6.45, 7) is 1.47. The molecule has 126 valence electrons. The summed E-state index contributed by atoms with van der Waals surface area (Å²) in [7, 11) is 3.87. The number of amides is 1. The minimum absolute atomic E-state index is 0.106. The number of rotatable bonds is 4. The highest BCUT2D eigenvalue weighted by molar-refractivity contribution is 7.80. The van der Waals surface area contributed by atoms with E-state index < -0.39 is 0 Å². The van der Waals surface area contributed by atoms with Gasteiger partial charge in [-0.15, -0.1) is 0 Å². The molecule has 2 aromatic carbocycles. The van der Waals surface area contributed by atoms with Crippen molar-refractivity contribution in [2.24, 2.45) is 0 Å². The van der Waals surface area contributed by atoms with Gasteiger partial charge in [0.25, 0.3) is 0 Å². The number of nitrogens with zero attached hydrogens (tertiary/aromatic N) is 1. The number of hydrogen-bond donors (Lipinski definition) is 3. The van der Waals surface area contributed by atoms with Crippen molar-refractivity contribution in [2.75, 3.05) is 34.9 Å². The molecule has 0 heterocycles. The Kier molecular flexibility index (Phi) is 6.00. The summed E-state index contributed by atoms with van der Waals surface area (Å²) in [6, 6.07) is 12.9. The molecule has 0 aliphatic carbocycles. The summed E-state index contributed by atoms with van der Waals surface area (Å²) in [5.41, 5.74) is 3.29. The van der Waals surface area contributed by atoms with Crippen molar-refractivity contribution in [3.63, 3.8) is 0 Å². The standard InChI is InChI=1S/C17H19ClN4OS/c1-11(23)19-12-4-6-13(7-5-12)20-17(24)21-14-8-9-16(22(2)3)15(18)10-14/h4-10H,1-3H3,(H,19,23)(H2,20,21,24). The molecular formula is C17H19ClN4OS. The van der Waals surface area contributed by atoms with E-state index >= 15 is 0 Å². The third-order valence-corrected chi connectivity index (χ3v) is 3.66. The topological polar surface area (TPSA) is 56.4 Å². The SMILES string of the molecule is CC(=O)Nc1ccc(NC(=S)Nc2ccc(N(C)C)c(Cl)c2)cc1. The highest BCUT2D eigenvalue weighted by Crippen LogP contribution is 2.27. The molecule has 3 N–H and O–H groups in total. The maximum Gasteiger partial charge on any atom is 0.221 e. The van der Waals surface area contributed by atoms with Crippen LogP contribution in [-0.4, -0.2) is 25.1 Å². The second-order valence-electron chi connectivity index (χ2n) is 5.40. The number of thiocarbonyl (C=S) groups is 1. The third-order valence-electron chi connectivity index (χ3n) is 3.15. The van der Waals surface area contributed by atoms with E-state index in [4.69, 9.17) is 23.8 Å². The Morgan fingerprint density at radius 3 is 1.96 bits per heavy atom. The lowest BCUT2D eigenvalue weighted by molar-refractivity contribution is -0.114. The van der Waals surface area contributed by atoms with Crippen molar-refractivity contribution >= 4 is 57.6 Å². The first kappa shape index (κ1) is 18.0. The Morgan fingerprint density at radius 2 is 1.46 bits per heavy atom. The molecule has 0 fully saturated rings. The molecule has 0 saturated heterocycles. The van der Waals surface area contributed by atoms with E-state index in [2.05, 4.69) is 16.0 Å². The van der Waals surface area contributed by atoms with Crippen molar-refractivity contribution in [1.82, 2.24) is 0 Å². The molecule has 0 aromatic heterocycles. The van der Waals surface area contributed by atoms with Crippen LogP contribution in [0, 0.1) is 0 Å². The lowest BCUT2D eigenvalue weighted by Crippen LogP contribution is -2.19. The van der Waals surface area contributed by atoms with Gasteiger partial charge in [-0.3, -0.25) is 4.79 Å². The molecular weight excluding hydrogens is 344 g/mol. The minimum Gasteiger partial charge on any atom is -0.376 e. The van der Waals surface area contributed by atoms with Gasteiger partial charge in [0.15, 0.2) is 5.11 Å². The van der Waals surface area contributed by atoms with Crippen LogP contribution in [0.1, 0.15) is 6.92 Å². The van der Waals surface area contributed by atoms with Gasteiger partial charge < -0.3 is 20.9 Å². The molecule has 0 spiro atoms. The summed E-state index contributed by atoms with van der Waals surface area (Å²) >= 11 is 11.6. The van der Waals surface area contributed by atoms with Gasteiger partial charge >= 0.3 is 0 Å². The molecule has 0 saturated carbocycles. The van der Waals surface area contributed by atoms with Crippen LogP contribution < -0.4 is 20.9 Å². The second kappa shape index (κ2) is 7.99. The van der Waals surface area contributed by atoms with Gasteiger partial charge in [-0.05, 0) is 54.7 Å². The first-order chi connectivity index (χ1) is 11.3. The Hall–Kier alpha value is -2.31. The van der Waals surface area contributed by atoms with E-state index in [-0.39, 0.29) is 5.91 Å². The molecule has 0 atom stereocenters. The minimum atomic E-state index is -0.106. The first-order valence-electron chi connectivity index (χ1n) is 7.27. The summed E-state index contributed by atoms with van der Waals surface area (Å²) in [5, 5.41) is 9.99. The molecule has 5 nitrogen and oxygen atoms in total. The normalized spacial score (nSPS) is 10.0. The summed E-state index contributed by atoms with van der Waals surface area (Å²) in [5.74, 6) is -0.106. The van der Waals surface area contributed by atoms with E-state index in [1.165, 1.54) is 6.92 Å². The highest BCUT2D eigenvalue weighted by atomic mass is 35.5. The Bertz CT molecular complexity index is 747. The smallest absolute Gasteiger partial charge is 0.221 e. The fraction of sp³-hybridized carbons (Fsp3) is 0.176. The quantitative estimate of drug-likeness (QED) is 0.712. The second-order valence-corrected chi connectivity index (χ2v) is 6.21. The van der Waals surface area contributed by atoms with Crippen LogP contribution in [0.25, 0.3) is 0 Å². The van der Waals surface area contributed by atoms with Crippen molar-refractivity contribution in [2.45, 2.75) is 6.92 Å². The Balaban J connectivity index is 1.98. The average molecular weight is 363 g/mol. The average Bonchev–Trinajstić information content (AvgIpc) is 2.48. The van der Waals surface area contributed by atoms with Crippen molar-refractivity contribution in [3.05, 3.63) is 47.5 Å². The molecule has 0 aliphatic rings. The number of halogens is 1. The van der Waals surface area contributed by atoms with Gasteiger partial charge in [-0.1, -0.05) is 11.6 Å². The third kappa shape index (κ3) is 5.11. The highest BCUT2D eigenvalue weighted by Gasteiger charge is 2.05. The van der Waals surface area contributed by atoms with Crippen LogP contribution in [0.5, 0.6) is 0 Å². The number of anilines is 4. The van der Waals surface area contributed by atoms with Crippen molar-refractivity contribution in [1.29, 1.82) is 0 Å². The molecule has 1 amide bonds. The molecule has 24 heavy (non-hydrogen) atoms. The molecule has 0 aliphatic heterocycles. The predicted molar refractivity (Wildman–Crippen MR) is 106 cm³/mol. The largest absolute Gasteiger partial charge is 0.376 e. The van der Waals surface area contributed by atoms with Crippen LogP contribution in [0.3, 0.4) is 0 Å². The van der Waals surface area contributed by atoms with Crippen LogP contribution >= 0.6 is 23.8 Å². The maximum atomic E-state index is 11.0. The predicted octanol–water partition coefficient (Wildman–Crippen LogP) is 4.17. The van der Waals surface area contributed by atoms with Gasteiger partial charge in [0.2, 0.25) is 5.91 Å². The molecule has 0 radical (unpaired) electrons. The van der Waals surface area contributed by atoms with E-state index in [0.717, 1.165) is 22.7 Å². The van der Waals surface area contributed by atoms with Crippen LogP contribution in [0.15, 0.2) is 42.5 Å². The Labute approximate surface area is 152 Å². The number of carbonyl (C=O) groups is 1. The van der Waals surface area contributed by atoms with E-state index in [1.807, 2.05) is 49.3 Å². The summed E-state index contributed by atoms with van der Waals surface area (Å²) in [4.78, 5) is 12.9. The summed E-state index contributed by atoms with van der Waals surface area (Å²) in [6.07, 6.45) is 0. The van der Waals surface area contributed by atoms with Gasteiger partial charge in [-0.25, -0.2) is 0 Å². The Morgan fingerprint density at radius 1 is 0.958 bits per heavy atom. The van der Waals surface area contributed by atoms with E-state index in [1.54, 1.807) is 12.1 Å². The molecule has 0 bridgehead atoms. The van der Waals surface area contributed by atoms with Crippen molar-refractivity contribution in [3.8, 4) is 0 Å². The van der Waals surface area contributed by atoms with Gasteiger partial charge in [0.05, 0.1) is 10.7 Å². The van der Waals surface area contributed by atoms with Crippen LogP contribution in [0.4, 0.5) is 22.7 Å². The number of carbonyl (C=O) groups excluding carboxylic acids is 1. The van der Waals surface area contributed by atoms with E-state index in [9.17, 15) is 4.79 Å². The lowest BCUT2D eigenvalue weighted by atomic mass is 10.2. The van der Waals surface area contributed by atoms with Crippen LogP contribution in [0.2, 0.25) is 5.02 Å². The zero-order valence-corrected chi connectivity index (χ0v) is 15.3. The zero-order chi connectivity index (χ0) is 17.7. The first-order valence-corrected chi connectivity index (χ1v) is 8.06. The monoisotopic (exact) mass is 362 g/mol. The van der Waals surface area contributed by atoms with Crippen molar-refractivity contribution < 1.29 is 4.79 Å². The van der Waals surface area contributed by atoms with Crippen LogP contribution in [-0.2, 0) is 4.79 Å². The van der Waals surface area contributed by atoms with E-state index in [0.29, 0.717) is 10.1 Å². The van der Waals surface area contributed by atoms with Gasteiger partial charge in [0.1, 0.15) is 0 Å². The molecule has 2 aromatic rings. The lowest BCUT2D eigenvalue weighted by Gasteiger charge is -2.16. The van der Waals surface area contributed by atoms with Gasteiger partial charge in [-0.2, -0.15) is 0 Å². The zero-order valence-electron chi connectivity index (χ0n) is 13.7. The fourth-order valence-electron chi connectivity index (χ4n) is 2.08. The molecule has 2 rings (SSSR count). The number of hydrogen-bond acceptors (Lipinski definition) is 3. The molecule has 7 heteroatoms. The number of nitrogens with one attached hydrogen (secondary N) is 3. The number of benzene rings is 2. The maximum absolute atomic E-state index is 11.0. The van der Waals surface area contributed by atoms with Gasteiger partial charge in [0, 0.05) is 38.1 Å². The summed E-state index contributed by atoms with van der Waals surface area (Å²) < 4.78 is 0. The molecule has 0 unspecified atom stereocenters.